The minimum atomic E-state index is -1.22. The minimum absolute atomic E-state index is 0.0518. The van der Waals surface area contributed by atoms with E-state index in [1.54, 1.807) is 23.1 Å². The summed E-state index contributed by atoms with van der Waals surface area (Å²) < 4.78 is 17.3. The Morgan fingerprint density at radius 2 is 1.72 bits per heavy atom. The van der Waals surface area contributed by atoms with Crippen molar-refractivity contribution in [2.24, 2.45) is 5.16 Å². The number of anilines is 1. The van der Waals surface area contributed by atoms with E-state index in [-0.39, 0.29) is 36.3 Å². The third kappa shape index (κ3) is 10.1. The van der Waals surface area contributed by atoms with E-state index in [4.69, 9.17) is 41.2 Å². The molecule has 1 atom stereocenters. The predicted octanol–water partition coefficient (Wildman–Crippen LogP) is 6.75. The summed E-state index contributed by atoms with van der Waals surface area (Å²) in [7, 11) is 2.01. The quantitative estimate of drug-likeness (QED) is 0.0288. The van der Waals surface area contributed by atoms with Gasteiger partial charge in [-0.25, -0.2) is 4.79 Å². The number of ether oxygens (including phenoxy) is 3. The molecule has 2 heterocycles. The van der Waals surface area contributed by atoms with Gasteiger partial charge in [-0.2, -0.15) is 0 Å². The number of aromatic nitrogens is 1. The van der Waals surface area contributed by atoms with Crippen LogP contribution < -0.4 is 9.64 Å². The van der Waals surface area contributed by atoms with E-state index in [2.05, 4.69) is 15.0 Å². The molecular weight excluding hydrogens is 750 g/mol. The summed E-state index contributed by atoms with van der Waals surface area (Å²) in [6, 6.07) is 22.2. The Hall–Kier alpha value is -5.47. The number of aromatic hydroxyl groups is 1. The number of carbonyl (C=O) groups is 2. The zero-order valence-electron chi connectivity index (χ0n) is 32.3. The summed E-state index contributed by atoms with van der Waals surface area (Å²) in [5.74, 6) is -0.245. The van der Waals surface area contributed by atoms with Crippen LogP contribution in [0.15, 0.2) is 78.0 Å². The van der Waals surface area contributed by atoms with Crippen LogP contribution in [-0.2, 0) is 25.5 Å². The molecule has 1 aliphatic heterocycles. The SMILES string of the molecule is C/C(=N\OCCOCCOCCN(C)CCOc1ccc2[nH]c(C(=O)N3C[C@@H](CCl)c4c3cc(O)c3cccc(C)c43)cc2c1)c1ccc(CC(=N)C(=O)O)cc1. The number of carboxylic acids is 1. The molecule has 300 valence electrons. The molecule has 1 aromatic heterocycles. The number of fused-ring (bicyclic) bond motifs is 4. The zero-order chi connectivity index (χ0) is 40.5. The molecule has 0 unspecified atom stereocenters. The van der Waals surface area contributed by atoms with Gasteiger partial charge >= 0.3 is 5.97 Å². The lowest BCUT2D eigenvalue weighted by molar-refractivity contribution is -0.129. The summed E-state index contributed by atoms with van der Waals surface area (Å²) in [6.45, 7) is 8.25. The van der Waals surface area contributed by atoms with E-state index in [1.165, 1.54) is 0 Å². The predicted molar refractivity (Wildman–Crippen MR) is 222 cm³/mol. The number of carbonyl (C=O) groups excluding carboxylic acids is 1. The van der Waals surface area contributed by atoms with Gasteiger partial charge in [0.15, 0.2) is 0 Å². The molecule has 0 radical (unpaired) electrons. The Bertz CT molecular complexity index is 2260. The van der Waals surface area contributed by atoms with E-state index < -0.39 is 5.97 Å². The summed E-state index contributed by atoms with van der Waals surface area (Å²) in [4.78, 5) is 37.2. The number of phenols is 1. The maximum Gasteiger partial charge on any atom is 0.349 e. The van der Waals surface area contributed by atoms with Crippen LogP contribution in [0.25, 0.3) is 21.7 Å². The number of hydrogen-bond donors (Lipinski definition) is 4. The van der Waals surface area contributed by atoms with Gasteiger partial charge in [0.2, 0.25) is 0 Å². The number of alkyl halides is 1. The van der Waals surface area contributed by atoms with E-state index in [0.717, 1.165) is 50.5 Å². The molecule has 14 heteroatoms. The van der Waals surface area contributed by atoms with Crippen molar-refractivity contribution in [2.45, 2.75) is 26.2 Å². The van der Waals surface area contributed by atoms with Gasteiger partial charge in [-0.3, -0.25) is 10.2 Å². The number of likely N-dealkylation sites (N-methyl/N-ethyl adjacent to an activating group) is 1. The number of aryl methyl sites for hydroxylation is 1. The first-order valence-corrected chi connectivity index (χ1v) is 19.4. The number of hydrogen-bond acceptors (Lipinski definition) is 10. The van der Waals surface area contributed by atoms with E-state index in [1.807, 2.05) is 75.5 Å². The van der Waals surface area contributed by atoms with Gasteiger partial charge in [-0.1, -0.05) is 47.6 Å². The maximum atomic E-state index is 13.9. The van der Waals surface area contributed by atoms with Crippen LogP contribution in [0, 0.1) is 12.3 Å². The fraction of sp³-hybridized carbons (Fsp3) is 0.349. The van der Waals surface area contributed by atoms with Gasteiger partial charge in [0, 0.05) is 60.2 Å². The molecule has 1 amide bonds. The van der Waals surface area contributed by atoms with Crippen LogP contribution in [-0.4, -0.2) is 116 Å². The first-order chi connectivity index (χ1) is 27.5. The molecule has 5 aromatic rings. The highest BCUT2D eigenvalue weighted by Crippen LogP contribution is 2.46. The second-order valence-electron chi connectivity index (χ2n) is 14.1. The Kier molecular flexibility index (Phi) is 13.8. The second-order valence-corrected chi connectivity index (χ2v) is 14.4. The van der Waals surface area contributed by atoms with E-state index in [9.17, 15) is 14.7 Å². The third-order valence-electron chi connectivity index (χ3n) is 9.99. The molecule has 6 rings (SSSR count). The number of benzene rings is 4. The molecule has 0 fully saturated rings. The van der Waals surface area contributed by atoms with Crippen LogP contribution in [0.4, 0.5) is 5.69 Å². The highest BCUT2D eigenvalue weighted by Gasteiger charge is 2.36. The van der Waals surface area contributed by atoms with E-state index >= 15 is 0 Å². The number of rotatable bonds is 20. The molecule has 4 aromatic carbocycles. The Labute approximate surface area is 336 Å². The number of amides is 1. The summed E-state index contributed by atoms with van der Waals surface area (Å²) in [6.07, 6.45) is 0.0662. The van der Waals surface area contributed by atoms with Crippen molar-refractivity contribution < 1.29 is 38.9 Å². The molecule has 0 aliphatic carbocycles. The average molecular weight is 798 g/mol. The van der Waals surface area contributed by atoms with Crippen molar-refractivity contribution in [3.8, 4) is 11.5 Å². The van der Waals surface area contributed by atoms with Gasteiger partial charge in [0.05, 0.1) is 37.8 Å². The fourth-order valence-corrected chi connectivity index (χ4v) is 7.14. The van der Waals surface area contributed by atoms with Crippen LogP contribution in [0.3, 0.4) is 0 Å². The summed E-state index contributed by atoms with van der Waals surface area (Å²) >= 11 is 6.43. The van der Waals surface area contributed by atoms with Crippen LogP contribution in [0.1, 0.15) is 45.6 Å². The number of H-pyrrole nitrogens is 1. The highest BCUT2D eigenvalue weighted by molar-refractivity contribution is 6.34. The number of carboxylic acid groups (broad SMARTS) is 1. The van der Waals surface area contributed by atoms with Crippen molar-refractivity contribution >= 4 is 62.3 Å². The number of oxime groups is 1. The largest absolute Gasteiger partial charge is 0.507 e. The lowest BCUT2D eigenvalue weighted by atomic mass is 9.92. The minimum Gasteiger partial charge on any atom is -0.507 e. The molecule has 4 N–H and O–H groups in total. The number of nitrogens with one attached hydrogen (secondary N) is 2. The monoisotopic (exact) mass is 797 g/mol. The van der Waals surface area contributed by atoms with Crippen molar-refractivity contribution in [3.63, 3.8) is 0 Å². The number of aromatic amines is 1. The van der Waals surface area contributed by atoms with Crippen molar-refractivity contribution in [3.05, 3.63) is 101 Å². The van der Waals surface area contributed by atoms with E-state index in [0.29, 0.717) is 74.8 Å². The van der Waals surface area contributed by atoms with Crippen LogP contribution >= 0.6 is 11.6 Å². The van der Waals surface area contributed by atoms with Gasteiger partial charge < -0.3 is 44.0 Å². The molecular formula is C43H48ClN5O8. The van der Waals surface area contributed by atoms with Crippen LogP contribution in [0.5, 0.6) is 11.5 Å². The van der Waals surface area contributed by atoms with Crippen LogP contribution in [0.2, 0.25) is 0 Å². The Morgan fingerprint density at radius 3 is 2.47 bits per heavy atom. The molecule has 1 aliphatic rings. The molecule has 13 nitrogen and oxygen atoms in total. The smallest absolute Gasteiger partial charge is 0.349 e. The Balaban J connectivity index is 0.873. The molecule has 0 bridgehead atoms. The van der Waals surface area contributed by atoms with Gasteiger partial charge in [0.25, 0.3) is 5.91 Å². The first kappa shape index (κ1) is 41.2. The average Bonchev–Trinajstić information content (AvgIpc) is 3.80. The Morgan fingerprint density at radius 1 is 0.982 bits per heavy atom. The zero-order valence-corrected chi connectivity index (χ0v) is 33.1. The topological polar surface area (TPSA) is 170 Å². The molecule has 0 spiro atoms. The van der Waals surface area contributed by atoms with Gasteiger partial charge in [-0.15, -0.1) is 11.6 Å². The standard InChI is InChI=1S/C43H48ClN5O8/c1-27-5-4-6-34-39(50)24-38-41(40(27)34)32(25-44)26-49(38)42(51)37-23-31-22-33(11-12-36(31)46-37)56-16-14-48(3)13-15-54-17-18-55-19-20-57-47-28(2)30-9-7-29(8-10-30)21-35(45)43(52)53/h4-12,22-24,32,45-46,50H,13-21,25-26H2,1-3H3,(H,52,53)/b45-35?,47-28+/t32-/m1/s1. The number of aliphatic carboxylic acids is 1. The number of phenolic OH excluding ortho intramolecular Hbond substituents is 1. The number of nitrogens with zero attached hydrogens (tertiary/aromatic N) is 3. The van der Waals surface area contributed by atoms with Crippen molar-refractivity contribution in [1.29, 1.82) is 5.41 Å². The first-order valence-electron chi connectivity index (χ1n) is 18.8. The maximum absolute atomic E-state index is 13.9. The molecule has 0 saturated heterocycles. The normalized spacial score (nSPS) is 14.1. The molecule has 57 heavy (non-hydrogen) atoms. The summed E-state index contributed by atoms with van der Waals surface area (Å²) in [5.41, 5.74) is 5.90. The lowest BCUT2D eigenvalue weighted by Gasteiger charge is -2.18. The van der Waals surface area contributed by atoms with Gasteiger partial charge in [0.1, 0.15) is 36.1 Å². The summed E-state index contributed by atoms with van der Waals surface area (Å²) in [5, 5.41) is 33.9. The highest BCUT2D eigenvalue weighted by atomic mass is 35.5. The van der Waals surface area contributed by atoms with Crippen molar-refractivity contribution in [2.75, 3.05) is 77.1 Å². The third-order valence-corrected chi connectivity index (χ3v) is 10.4. The fourth-order valence-electron chi connectivity index (χ4n) is 6.89. The number of halogens is 1. The van der Waals surface area contributed by atoms with Crippen molar-refractivity contribution in [1.82, 2.24) is 9.88 Å². The second kappa shape index (κ2) is 19.1. The molecule has 0 saturated carbocycles. The van der Waals surface area contributed by atoms with Gasteiger partial charge in [-0.05, 0) is 72.8 Å². The lowest BCUT2D eigenvalue weighted by Crippen LogP contribution is -2.30.